The molecule has 0 N–H and O–H groups in total. The fourth-order valence-electron chi connectivity index (χ4n) is 8.78. The second-order valence-corrected chi connectivity index (χ2v) is 22.8. The molecule has 0 aliphatic rings. The Labute approximate surface area is 418 Å². The van der Waals surface area contributed by atoms with Gasteiger partial charge in [-0.2, -0.15) is 0 Å². The van der Waals surface area contributed by atoms with Gasteiger partial charge in [-0.3, -0.25) is 9.36 Å². The van der Waals surface area contributed by atoms with Crippen molar-refractivity contribution in [3.05, 3.63) is 12.2 Å². The number of ether oxygens (including phenoxy) is 2. The summed E-state index contributed by atoms with van der Waals surface area (Å²) in [7, 11) is 1.38. The van der Waals surface area contributed by atoms with E-state index in [9.17, 15) is 14.3 Å². The number of carbonyl (C=O) groups excluding carboxylic acids is 1. The van der Waals surface area contributed by atoms with Crippen LogP contribution in [0.3, 0.4) is 0 Å². The number of hydrogen-bond donors (Lipinski definition) is 0. The number of rotatable bonds is 56. The highest BCUT2D eigenvalue weighted by Crippen LogP contribution is 2.38. The standard InChI is InChI=1S/C58H116NO7P/c1-6-8-10-12-14-16-18-20-22-24-26-27-28-29-30-31-32-34-36-38-40-42-44-46-48-50-53-63-55-57(56-65-67(61,62)64-54-52-59(3,4)5)66-58(60)51-49-47-45-43-41-39-37-35-33-25-23-21-19-17-15-13-11-9-7-2/h21,23,57H,6-20,22,24-56H2,1-5H3/b23-21-. The Morgan fingerprint density at radius 1 is 0.448 bits per heavy atom. The van der Waals surface area contributed by atoms with Crippen LogP contribution in [0.5, 0.6) is 0 Å². The molecule has 0 aromatic heterocycles. The molecule has 0 radical (unpaired) electrons. The lowest BCUT2D eigenvalue weighted by atomic mass is 10.0. The number of phosphoric ester groups is 1. The van der Waals surface area contributed by atoms with Gasteiger partial charge in [-0.15, -0.1) is 0 Å². The summed E-state index contributed by atoms with van der Waals surface area (Å²) in [5.41, 5.74) is 0. The number of quaternary nitrogens is 1. The maximum atomic E-state index is 12.8. The summed E-state index contributed by atoms with van der Waals surface area (Å²) in [6, 6.07) is 0. The van der Waals surface area contributed by atoms with E-state index in [1.807, 2.05) is 21.1 Å². The molecule has 0 aliphatic carbocycles. The first-order chi connectivity index (χ1) is 32.6. The number of hydrogen-bond acceptors (Lipinski definition) is 7. The van der Waals surface area contributed by atoms with E-state index in [0.29, 0.717) is 24.1 Å². The van der Waals surface area contributed by atoms with Crippen LogP contribution in [0, 0.1) is 0 Å². The predicted molar refractivity (Wildman–Crippen MR) is 287 cm³/mol. The highest BCUT2D eigenvalue weighted by atomic mass is 31.2. The lowest BCUT2D eigenvalue weighted by molar-refractivity contribution is -0.870. The Bertz CT molecular complexity index is 1080. The average Bonchev–Trinajstić information content (AvgIpc) is 3.29. The fraction of sp³-hybridized carbons (Fsp3) is 0.948. The van der Waals surface area contributed by atoms with Crippen molar-refractivity contribution in [3.8, 4) is 0 Å². The zero-order valence-corrected chi connectivity index (χ0v) is 46.5. The van der Waals surface area contributed by atoms with Crippen molar-refractivity contribution >= 4 is 13.8 Å². The smallest absolute Gasteiger partial charge is 0.306 e. The number of allylic oxidation sites excluding steroid dienone is 2. The molecule has 0 fully saturated rings. The van der Waals surface area contributed by atoms with E-state index >= 15 is 0 Å². The second kappa shape index (κ2) is 51.6. The number of unbranched alkanes of at least 4 members (excludes halogenated alkanes) is 40. The molecule has 400 valence electrons. The van der Waals surface area contributed by atoms with Crippen molar-refractivity contribution in [2.24, 2.45) is 0 Å². The monoisotopic (exact) mass is 970 g/mol. The van der Waals surface area contributed by atoms with Gasteiger partial charge in [0.15, 0.2) is 0 Å². The van der Waals surface area contributed by atoms with Gasteiger partial charge < -0.3 is 27.9 Å². The molecule has 0 saturated heterocycles. The van der Waals surface area contributed by atoms with Crippen molar-refractivity contribution in [3.63, 3.8) is 0 Å². The van der Waals surface area contributed by atoms with E-state index in [0.717, 1.165) is 32.1 Å². The maximum absolute atomic E-state index is 12.8. The first kappa shape index (κ1) is 66.2. The Balaban J connectivity index is 3.99. The summed E-state index contributed by atoms with van der Waals surface area (Å²) >= 11 is 0. The van der Waals surface area contributed by atoms with Crippen molar-refractivity contribution < 1.29 is 37.3 Å². The van der Waals surface area contributed by atoms with Crippen molar-refractivity contribution in [1.29, 1.82) is 0 Å². The van der Waals surface area contributed by atoms with Crippen LogP contribution in [0.4, 0.5) is 0 Å². The minimum absolute atomic E-state index is 0.0296. The third-order valence-electron chi connectivity index (χ3n) is 13.3. The van der Waals surface area contributed by atoms with Gasteiger partial charge in [0.1, 0.15) is 19.3 Å². The molecule has 0 amide bonds. The van der Waals surface area contributed by atoms with E-state index in [1.165, 1.54) is 244 Å². The molecular formula is C58H116NO7P. The van der Waals surface area contributed by atoms with Gasteiger partial charge in [-0.1, -0.05) is 264 Å². The lowest BCUT2D eigenvalue weighted by Gasteiger charge is -2.28. The Morgan fingerprint density at radius 3 is 1.13 bits per heavy atom. The average molecular weight is 971 g/mol. The van der Waals surface area contributed by atoms with Crippen LogP contribution in [0.2, 0.25) is 0 Å². The van der Waals surface area contributed by atoms with Gasteiger partial charge in [0, 0.05) is 13.0 Å². The van der Waals surface area contributed by atoms with Crippen LogP contribution >= 0.6 is 7.82 Å². The van der Waals surface area contributed by atoms with Crippen LogP contribution in [0.1, 0.15) is 296 Å². The molecule has 0 spiro atoms. The second-order valence-electron chi connectivity index (χ2n) is 21.4. The number of likely N-dealkylation sites (N-methyl/N-ethyl adjacent to an activating group) is 1. The molecule has 0 bridgehead atoms. The molecule has 8 nitrogen and oxygen atoms in total. The van der Waals surface area contributed by atoms with Gasteiger partial charge in [0.2, 0.25) is 0 Å². The maximum Gasteiger partial charge on any atom is 0.306 e. The van der Waals surface area contributed by atoms with Gasteiger partial charge in [0.25, 0.3) is 7.82 Å². The van der Waals surface area contributed by atoms with Crippen LogP contribution in [0.15, 0.2) is 12.2 Å². The summed E-state index contributed by atoms with van der Waals surface area (Å²) in [5, 5.41) is 0. The number of carbonyl (C=O) groups is 1. The molecule has 9 heteroatoms. The first-order valence-corrected chi connectivity index (χ1v) is 30.9. The molecule has 0 aromatic rings. The molecule has 0 heterocycles. The van der Waals surface area contributed by atoms with Crippen molar-refractivity contribution in [2.75, 3.05) is 54.1 Å². The van der Waals surface area contributed by atoms with Crippen LogP contribution in [0.25, 0.3) is 0 Å². The molecule has 0 aliphatic heterocycles. The minimum Gasteiger partial charge on any atom is -0.756 e. The molecule has 67 heavy (non-hydrogen) atoms. The first-order valence-electron chi connectivity index (χ1n) is 29.4. The van der Waals surface area contributed by atoms with E-state index in [2.05, 4.69) is 26.0 Å². The lowest BCUT2D eigenvalue weighted by Crippen LogP contribution is -2.37. The Hall–Kier alpha value is -0.760. The van der Waals surface area contributed by atoms with Crippen molar-refractivity contribution in [2.45, 2.75) is 302 Å². The molecule has 0 rings (SSSR count). The molecule has 0 saturated carbocycles. The van der Waals surface area contributed by atoms with Crippen LogP contribution < -0.4 is 4.89 Å². The van der Waals surface area contributed by atoms with E-state index < -0.39 is 13.9 Å². The highest BCUT2D eigenvalue weighted by Gasteiger charge is 2.20. The summed E-state index contributed by atoms with van der Waals surface area (Å²) in [4.78, 5) is 25.2. The van der Waals surface area contributed by atoms with Gasteiger partial charge >= 0.3 is 5.97 Å². The molecule has 2 atom stereocenters. The Kier molecular flexibility index (Phi) is 51.0. The molecule has 0 aromatic carbocycles. The third kappa shape index (κ3) is 56.0. The number of nitrogens with zero attached hydrogens (tertiary/aromatic N) is 1. The predicted octanol–water partition coefficient (Wildman–Crippen LogP) is 17.9. The van der Waals surface area contributed by atoms with E-state index in [4.69, 9.17) is 18.5 Å². The molecule has 2 unspecified atom stereocenters. The molecular weight excluding hydrogens is 854 g/mol. The SMILES string of the molecule is CCCCCCCC/C=C\CCCCCCCCCCCC(=O)OC(COCCCCCCCCCCCCCCCCCCCCCCCCCCCC)COP(=O)([O-])OCC[N+](C)(C)C. The van der Waals surface area contributed by atoms with E-state index in [1.54, 1.807) is 0 Å². The zero-order chi connectivity index (χ0) is 49.0. The fourth-order valence-corrected chi connectivity index (χ4v) is 9.51. The van der Waals surface area contributed by atoms with Gasteiger partial charge in [0.05, 0.1) is 34.4 Å². The quantitative estimate of drug-likeness (QED) is 0.0197. The zero-order valence-electron chi connectivity index (χ0n) is 45.6. The minimum atomic E-state index is -4.53. The Morgan fingerprint density at radius 2 is 0.776 bits per heavy atom. The van der Waals surface area contributed by atoms with Gasteiger partial charge in [-0.25, -0.2) is 0 Å². The van der Waals surface area contributed by atoms with Crippen LogP contribution in [-0.4, -0.2) is 70.7 Å². The number of phosphoric acid groups is 1. The summed E-state index contributed by atoms with van der Waals surface area (Å²) in [6.45, 7) is 5.49. The van der Waals surface area contributed by atoms with Crippen molar-refractivity contribution in [1.82, 2.24) is 0 Å². The summed E-state index contributed by atoms with van der Waals surface area (Å²) < 4.78 is 34.9. The highest BCUT2D eigenvalue weighted by molar-refractivity contribution is 7.45. The third-order valence-corrected chi connectivity index (χ3v) is 14.3. The largest absolute Gasteiger partial charge is 0.756 e. The summed E-state index contributed by atoms with van der Waals surface area (Å²) in [5.74, 6) is -0.329. The number of esters is 1. The normalized spacial score (nSPS) is 13.5. The summed E-state index contributed by atoms with van der Waals surface area (Å²) in [6.07, 6.45) is 61.2. The van der Waals surface area contributed by atoms with Crippen LogP contribution in [-0.2, 0) is 27.9 Å². The van der Waals surface area contributed by atoms with E-state index in [-0.39, 0.29) is 25.8 Å². The topological polar surface area (TPSA) is 94.1 Å². The van der Waals surface area contributed by atoms with Gasteiger partial charge in [-0.05, 0) is 38.5 Å².